The monoisotopic (exact) mass is 584 g/mol. The Kier molecular flexibility index (Phi) is 13.7. The van der Waals surface area contributed by atoms with Gasteiger partial charge < -0.3 is 15.0 Å². The lowest BCUT2D eigenvalue weighted by Gasteiger charge is -2.33. The van der Waals surface area contributed by atoms with E-state index in [1.165, 1.54) is 11.1 Å². The van der Waals surface area contributed by atoms with Gasteiger partial charge in [-0.05, 0) is 86.5 Å². The van der Waals surface area contributed by atoms with Gasteiger partial charge in [0.1, 0.15) is 5.75 Å². The molecule has 0 saturated carbocycles. The van der Waals surface area contributed by atoms with Crippen molar-refractivity contribution in [1.29, 1.82) is 0 Å². The van der Waals surface area contributed by atoms with Gasteiger partial charge in [-0.3, -0.25) is 9.59 Å². The minimum absolute atomic E-state index is 0. The van der Waals surface area contributed by atoms with Crippen molar-refractivity contribution in [1.82, 2.24) is 10.2 Å². The highest BCUT2D eigenvalue weighted by Crippen LogP contribution is 2.36. The number of hydrogen-bond acceptors (Lipinski definition) is 4. The number of ketones is 1. The van der Waals surface area contributed by atoms with Crippen LogP contribution in [-0.4, -0.2) is 49.9 Å². The summed E-state index contributed by atoms with van der Waals surface area (Å²) in [5.41, 5.74) is 4.48. The molecule has 1 heterocycles. The number of carbonyl (C=O) groups is 2. The molecule has 0 unspecified atom stereocenters. The van der Waals surface area contributed by atoms with E-state index in [0.717, 1.165) is 51.1 Å². The van der Waals surface area contributed by atoms with Crippen LogP contribution in [0.25, 0.3) is 0 Å². The third-order valence-electron chi connectivity index (χ3n) is 7.58. The van der Waals surface area contributed by atoms with Crippen molar-refractivity contribution < 1.29 is 14.3 Å². The first-order valence-corrected chi connectivity index (χ1v) is 13.8. The van der Waals surface area contributed by atoms with E-state index in [0.29, 0.717) is 35.1 Å². The summed E-state index contributed by atoms with van der Waals surface area (Å²) in [6.07, 6.45) is 4.30. The number of likely N-dealkylation sites (tertiary alicyclic amines) is 1. The maximum atomic E-state index is 12.5. The summed E-state index contributed by atoms with van der Waals surface area (Å²) in [5, 5.41) is 3.01. The van der Waals surface area contributed by atoms with Crippen LogP contribution in [0.1, 0.15) is 88.8 Å². The van der Waals surface area contributed by atoms with Crippen LogP contribution in [0.15, 0.2) is 72.8 Å². The van der Waals surface area contributed by atoms with Crippen LogP contribution in [0.2, 0.25) is 0 Å². The number of methoxy groups -OCH3 is 1. The number of piperidine rings is 1. The van der Waals surface area contributed by atoms with Gasteiger partial charge in [-0.25, -0.2) is 0 Å². The Morgan fingerprint density at radius 2 is 1.50 bits per heavy atom. The summed E-state index contributed by atoms with van der Waals surface area (Å²) in [6, 6.07) is 22.8. The van der Waals surface area contributed by atoms with Crippen LogP contribution in [0, 0.1) is 0 Å². The number of benzene rings is 3. The minimum Gasteiger partial charge on any atom is -0.496 e. The molecule has 0 aromatic heterocycles. The van der Waals surface area contributed by atoms with Gasteiger partial charge in [-0.2, -0.15) is 0 Å². The van der Waals surface area contributed by atoms with E-state index in [9.17, 15) is 9.59 Å². The van der Waals surface area contributed by atoms with Crippen LogP contribution in [0.4, 0.5) is 0 Å². The number of hydrogen-bond donors (Lipinski definition) is 1. The molecule has 1 saturated heterocycles. The molecule has 1 aliphatic rings. The van der Waals surface area contributed by atoms with Crippen molar-refractivity contribution in [3.8, 4) is 5.75 Å². The Hall–Kier alpha value is -2.86. The summed E-state index contributed by atoms with van der Waals surface area (Å²) in [5.74, 6) is 1.95. The van der Waals surface area contributed by atoms with E-state index in [1.807, 2.05) is 18.2 Å². The van der Waals surface area contributed by atoms with Crippen molar-refractivity contribution in [2.75, 3.05) is 33.3 Å². The zero-order chi connectivity index (χ0) is 26.9. The molecule has 0 radical (unpaired) electrons. The number of nitrogens with zero attached hydrogens (tertiary/aromatic N) is 1. The highest BCUT2D eigenvalue weighted by Gasteiger charge is 2.23. The average molecular weight is 586 g/mol. The highest BCUT2D eigenvalue weighted by molar-refractivity contribution is 6.09. The second-order valence-corrected chi connectivity index (χ2v) is 10.5. The predicted molar refractivity (Wildman–Crippen MR) is 168 cm³/mol. The number of halogens is 2. The standard InChI is InChI=1S/C33H40N2O3.2ClH/c1-24(2)29-15-16-30(31(23-29)38-3)25-17-21-35(22-18-25)20-8-7-19-34-33(37)28-13-11-27(12-14-28)32(36)26-9-5-4-6-10-26;;/h4-6,9-16,23-25H,7-8,17-22H2,1-3H3,(H,34,37);2*1H. The van der Waals surface area contributed by atoms with E-state index in [-0.39, 0.29) is 36.5 Å². The van der Waals surface area contributed by atoms with Crippen molar-refractivity contribution in [3.05, 3.63) is 101 Å². The van der Waals surface area contributed by atoms with Crippen LogP contribution in [0.3, 0.4) is 0 Å². The Balaban J connectivity index is 0.00000280. The van der Waals surface area contributed by atoms with Crippen LogP contribution < -0.4 is 10.1 Å². The Labute approximate surface area is 251 Å². The van der Waals surface area contributed by atoms with Gasteiger partial charge in [-0.15, -0.1) is 24.8 Å². The maximum Gasteiger partial charge on any atom is 0.251 e. The molecule has 3 aromatic carbocycles. The van der Waals surface area contributed by atoms with E-state index in [2.05, 4.69) is 42.3 Å². The fourth-order valence-electron chi connectivity index (χ4n) is 5.19. The largest absolute Gasteiger partial charge is 0.496 e. The third kappa shape index (κ3) is 8.82. The van der Waals surface area contributed by atoms with Crippen molar-refractivity contribution in [3.63, 3.8) is 0 Å². The Morgan fingerprint density at radius 3 is 2.12 bits per heavy atom. The summed E-state index contributed by atoms with van der Waals surface area (Å²) >= 11 is 0. The van der Waals surface area contributed by atoms with Crippen molar-refractivity contribution in [2.45, 2.75) is 51.4 Å². The van der Waals surface area contributed by atoms with E-state index in [1.54, 1.807) is 43.5 Å². The number of amides is 1. The molecule has 0 atom stereocenters. The molecule has 1 amide bonds. The molecule has 216 valence electrons. The van der Waals surface area contributed by atoms with Gasteiger partial charge in [0.05, 0.1) is 7.11 Å². The molecule has 0 aliphatic carbocycles. The highest BCUT2D eigenvalue weighted by atomic mass is 35.5. The zero-order valence-corrected chi connectivity index (χ0v) is 25.4. The lowest BCUT2D eigenvalue weighted by atomic mass is 9.87. The van der Waals surface area contributed by atoms with Gasteiger partial charge in [-0.1, -0.05) is 68.4 Å². The maximum absolute atomic E-state index is 12.5. The molecule has 0 bridgehead atoms. The summed E-state index contributed by atoms with van der Waals surface area (Å²) < 4.78 is 5.73. The molecule has 1 N–H and O–H groups in total. The molecule has 0 spiro atoms. The summed E-state index contributed by atoms with van der Waals surface area (Å²) in [7, 11) is 1.78. The number of rotatable bonds is 11. The minimum atomic E-state index is -0.0954. The van der Waals surface area contributed by atoms with Gasteiger partial charge in [0.2, 0.25) is 0 Å². The Morgan fingerprint density at radius 1 is 0.875 bits per heavy atom. The number of unbranched alkanes of at least 4 members (excludes halogenated alkanes) is 1. The Bertz CT molecular complexity index is 1210. The number of nitrogens with one attached hydrogen (secondary N) is 1. The molecule has 40 heavy (non-hydrogen) atoms. The molecular formula is C33H42Cl2N2O3. The SMILES string of the molecule is COc1cc(C(C)C)ccc1C1CCN(CCCCNC(=O)c2ccc(C(=O)c3ccccc3)cc2)CC1.Cl.Cl. The van der Waals surface area contributed by atoms with Crippen LogP contribution in [-0.2, 0) is 0 Å². The smallest absolute Gasteiger partial charge is 0.251 e. The first-order chi connectivity index (χ1) is 18.5. The number of ether oxygens (including phenoxy) is 1. The average Bonchev–Trinajstić information content (AvgIpc) is 2.97. The van der Waals surface area contributed by atoms with Gasteiger partial charge in [0.15, 0.2) is 5.78 Å². The zero-order valence-electron chi connectivity index (χ0n) is 23.7. The van der Waals surface area contributed by atoms with Crippen LogP contribution in [0.5, 0.6) is 5.75 Å². The predicted octanol–water partition coefficient (Wildman–Crippen LogP) is 7.28. The molecule has 4 rings (SSSR count). The quantitative estimate of drug-likeness (QED) is 0.190. The molecule has 3 aromatic rings. The molecule has 5 nitrogen and oxygen atoms in total. The summed E-state index contributed by atoms with van der Waals surface area (Å²) in [6.45, 7) is 8.33. The normalized spacial score (nSPS) is 13.7. The first-order valence-electron chi connectivity index (χ1n) is 13.8. The summed E-state index contributed by atoms with van der Waals surface area (Å²) in [4.78, 5) is 27.6. The van der Waals surface area contributed by atoms with Crippen molar-refractivity contribution in [2.24, 2.45) is 0 Å². The van der Waals surface area contributed by atoms with E-state index in [4.69, 9.17) is 4.74 Å². The van der Waals surface area contributed by atoms with Gasteiger partial charge >= 0.3 is 0 Å². The van der Waals surface area contributed by atoms with E-state index >= 15 is 0 Å². The second kappa shape index (κ2) is 16.4. The molecule has 1 fully saturated rings. The van der Waals surface area contributed by atoms with Crippen LogP contribution >= 0.6 is 24.8 Å². The molecule has 7 heteroatoms. The fourth-order valence-corrected chi connectivity index (χ4v) is 5.19. The molecular weight excluding hydrogens is 543 g/mol. The molecule has 1 aliphatic heterocycles. The second-order valence-electron chi connectivity index (χ2n) is 10.5. The lowest BCUT2D eigenvalue weighted by Crippen LogP contribution is -2.34. The van der Waals surface area contributed by atoms with Gasteiger partial charge in [0.25, 0.3) is 5.91 Å². The fraction of sp³-hybridized carbons (Fsp3) is 0.394. The lowest BCUT2D eigenvalue weighted by molar-refractivity contribution is 0.0950. The third-order valence-corrected chi connectivity index (χ3v) is 7.58. The van der Waals surface area contributed by atoms with E-state index < -0.39 is 0 Å². The van der Waals surface area contributed by atoms with Gasteiger partial charge in [0, 0.05) is 23.2 Å². The topological polar surface area (TPSA) is 58.6 Å². The van der Waals surface area contributed by atoms with Crippen molar-refractivity contribution >= 4 is 36.5 Å². The first kappa shape index (κ1) is 33.3. The number of carbonyl (C=O) groups excluding carboxylic acids is 2.